The molecule has 1 rings (SSSR count). The fourth-order valence-electron chi connectivity index (χ4n) is 1.31. The normalized spacial score (nSPS) is 10.4. The fourth-order valence-corrected chi connectivity index (χ4v) is 1.31. The number of primary amides is 1. The van der Waals surface area contributed by atoms with E-state index in [1.165, 1.54) is 6.08 Å². The summed E-state index contributed by atoms with van der Waals surface area (Å²) in [5.74, 6) is -1.17. The average Bonchev–Trinajstić information content (AvgIpc) is 2.24. The standard InChI is InChI=1S/C12H13NO4/c1-8-3-2-4-9(5-6-11(15)16)12(8)17-7-10(13)14/h2-6H,7H2,1H3,(H2,13,14)(H,15,16)/b6-5+. The first-order chi connectivity index (χ1) is 8.00. The Balaban J connectivity index is 2.99. The quantitative estimate of drug-likeness (QED) is 0.744. The third kappa shape index (κ3) is 3.98. The van der Waals surface area contributed by atoms with Gasteiger partial charge in [-0.25, -0.2) is 4.79 Å². The van der Waals surface area contributed by atoms with Crippen LogP contribution in [0.15, 0.2) is 24.3 Å². The molecule has 0 spiro atoms. The van der Waals surface area contributed by atoms with E-state index in [2.05, 4.69) is 0 Å². The van der Waals surface area contributed by atoms with Crippen LogP contribution in [-0.2, 0) is 9.59 Å². The first-order valence-electron chi connectivity index (χ1n) is 4.92. The number of hydrogen-bond acceptors (Lipinski definition) is 3. The first kappa shape index (κ1) is 12.8. The van der Waals surface area contributed by atoms with E-state index >= 15 is 0 Å². The highest BCUT2D eigenvalue weighted by atomic mass is 16.5. The van der Waals surface area contributed by atoms with Crippen LogP contribution in [0, 0.1) is 6.92 Å². The summed E-state index contributed by atoms with van der Waals surface area (Å²) in [6.45, 7) is 1.56. The second-order valence-electron chi connectivity index (χ2n) is 3.42. The van der Waals surface area contributed by atoms with Crippen LogP contribution >= 0.6 is 0 Å². The van der Waals surface area contributed by atoms with Crippen LogP contribution in [0.3, 0.4) is 0 Å². The van der Waals surface area contributed by atoms with E-state index in [-0.39, 0.29) is 6.61 Å². The molecule has 1 amide bonds. The van der Waals surface area contributed by atoms with Gasteiger partial charge in [0, 0.05) is 11.6 Å². The van der Waals surface area contributed by atoms with Crippen molar-refractivity contribution >= 4 is 18.0 Å². The Hall–Kier alpha value is -2.30. The van der Waals surface area contributed by atoms with Crippen LogP contribution in [0.5, 0.6) is 5.75 Å². The predicted molar refractivity (Wildman–Crippen MR) is 62.5 cm³/mol. The Kier molecular flexibility index (Phi) is 4.28. The average molecular weight is 235 g/mol. The maximum absolute atomic E-state index is 10.6. The highest BCUT2D eigenvalue weighted by Gasteiger charge is 2.06. The van der Waals surface area contributed by atoms with Crippen molar-refractivity contribution in [3.63, 3.8) is 0 Å². The van der Waals surface area contributed by atoms with Crippen molar-refractivity contribution in [3.8, 4) is 5.75 Å². The molecule has 90 valence electrons. The number of rotatable bonds is 5. The molecular weight excluding hydrogens is 222 g/mol. The Morgan fingerprint density at radius 2 is 2.18 bits per heavy atom. The van der Waals surface area contributed by atoms with Gasteiger partial charge >= 0.3 is 5.97 Å². The third-order valence-corrected chi connectivity index (χ3v) is 2.01. The van der Waals surface area contributed by atoms with Crippen molar-refractivity contribution in [2.75, 3.05) is 6.61 Å². The summed E-state index contributed by atoms with van der Waals surface area (Å²) in [4.78, 5) is 21.1. The zero-order valence-corrected chi connectivity index (χ0v) is 9.34. The zero-order valence-electron chi connectivity index (χ0n) is 9.34. The van der Waals surface area contributed by atoms with Crippen LogP contribution in [0.4, 0.5) is 0 Å². The molecule has 3 N–H and O–H groups in total. The number of carbonyl (C=O) groups is 2. The van der Waals surface area contributed by atoms with Crippen molar-refractivity contribution in [1.29, 1.82) is 0 Å². The molecule has 1 aromatic rings. The molecule has 0 unspecified atom stereocenters. The van der Waals surface area contributed by atoms with Crippen LogP contribution in [-0.4, -0.2) is 23.6 Å². The van der Waals surface area contributed by atoms with Gasteiger partial charge in [-0.3, -0.25) is 4.79 Å². The van der Waals surface area contributed by atoms with Gasteiger partial charge < -0.3 is 15.6 Å². The molecule has 0 bridgehead atoms. The topological polar surface area (TPSA) is 89.6 Å². The smallest absolute Gasteiger partial charge is 0.328 e. The Labute approximate surface area is 98.5 Å². The SMILES string of the molecule is Cc1cccc(/C=C/C(=O)O)c1OCC(N)=O. The highest BCUT2D eigenvalue weighted by Crippen LogP contribution is 2.24. The minimum atomic E-state index is -1.05. The molecule has 0 radical (unpaired) electrons. The molecule has 0 fully saturated rings. The highest BCUT2D eigenvalue weighted by molar-refractivity contribution is 5.86. The molecule has 0 aromatic heterocycles. The van der Waals surface area contributed by atoms with Crippen LogP contribution in [0.1, 0.15) is 11.1 Å². The minimum Gasteiger partial charge on any atom is -0.483 e. The van der Waals surface area contributed by atoms with Gasteiger partial charge in [-0.1, -0.05) is 18.2 Å². The van der Waals surface area contributed by atoms with Gasteiger partial charge in [0.1, 0.15) is 5.75 Å². The molecule has 0 atom stereocenters. The number of carbonyl (C=O) groups excluding carboxylic acids is 1. The molecule has 0 saturated heterocycles. The Morgan fingerprint density at radius 3 is 2.76 bits per heavy atom. The fraction of sp³-hybridized carbons (Fsp3) is 0.167. The number of aliphatic carboxylic acids is 1. The molecule has 0 aliphatic carbocycles. The van der Waals surface area contributed by atoms with Gasteiger partial charge in [-0.15, -0.1) is 0 Å². The van der Waals surface area contributed by atoms with Gasteiger partial charge in [-0.2, -0.15) is 0 Å². The Morgan fingerprint density at radius 1 is 1.47 bits per heavy atom. The summed E-state index contributed by atoms with van der Waals surface area (Å²) in [5, 5.41) is 8.55. The lowest BCUT2D eigenvalue weighted by atomic mass is 10.1. The number of aryl methyl sites for hydroxylation is 1. The molecule has 0 aliphatic rings. The van der Waals surface area contributed by atoms with Gasteiger partial charge in [0.2, 0.25) is 0 Å². The van der Waals surface area contributed by atoms with E-state index in [1.54, 1.807) is 25.1 Å². The summed E-state index contributed by atoms with van der Waals surface area (Å²) < 4.78 is 5.24. The molecule has 1 aromatic carbocycles. The number of ether oxygens (including phenoxy) is 1. The minimum absolute atomic E-state index is 0.237. The number of carboxylic acid groups (broad SMARTS) is 1. The lowest BCUT2D eigenvalue weighted by molar-refractivity contribution is -0.131. The summed E-state index contributed by atoms with van der Waals surface area (Å²) in [6.07, 6.45) is 2.41. The number of hydrogen-bond donors (Lipinski definition) is 2. The Bertz CT molecular complexity index is 466. The second kappa shape index (κ2) is 5.69. The lowest BCUT2D eigenvalue weighted by Crippen LogP contribution is -2.20. The van der Waals surface area contributed by atoms with Crippen LogP contribution in [0.25, 0.3) is 6.08 Å². The van der Waals surface area contributed by atoms with Crippen molar-refractivity contribution in [1.82, 2.24) is 0 Å². The number of carboxylic acids is 1. The lowest BCUT2D eigenvalue weighted by Gasteiger charge is -2.10. The molecule has 0 heterocycles. The van der Waals surface area contributed by atoms with Crippen molar-refractivity contribution < 1.29 is 19.4 Å². The molecule has 0 saturated carbocycles. The van der Waals surface area contributed by atoms with Gasteiger partial charge in [-0.05, 0) is 18.6 Å². The maximum Gasteiger partial charge on any atom is 0.328 e. The summed E-state index contributed by atoms with van der Waals surface area (Å²) in [7, 11) is 0. The van der Waals surface area contributed by atoms with E-state index in [0.717, 1.165) is 11.6 Å². The second-order valence-corrected chi connectivity index (χ2v) is 3.42. The van der Waals surface area contributed by atoms with E-state index < -0.39 is 11.9 Å². The van der Waals surface area contributed by atoms with Crippen LogP contribution in [0.2, 0.25) is 0 Å². The number of amides is 1. The number of benzene rings is 1. The van der Waals surface area contributed by atoms with Gasteiger partial charge in [0.15, 0.2) is 6.61 Å². The largest absolute Gasteiger partial charge is 0.483 e. The van der Waals surface area contributed by atoms with Crippen molar-refractivity contribution in [2.24, 2.45) is 5.73 Å². The van der Waals surface area contributed by atoms with Gasteiger partial charge in [0.25, 0.3) is 5.91 Å². The molecule has 0 aliphatic heterocycles. The maximum atomic E-state index is 10.6. The van der Waals surface area contributed by atoms with E-state index in [1.807, 2.05) is 0 Å². The van der Waals surface area contributed by atoms with Crippen LogP contribution < -0.4 is 10.5 Å². The monoisotopic (exact) mass is 235 g/mol. The number of para-hydroxylation sites is 1. The van der Waals surface area contributed by atoms with Crippen molar-refractivity contribution in [2.45, 2.75) is 6.92 Å². The van der Waals surface area contributed by atoms with Gasteiger partial charge in [0.05, 0.1) is 0 Å². The summed E-state index contributed by atoms with van der Waals surface area (Å²) in [5.41, 5.74) is 6.38. The first-order valence-corrected chi connectivity index (χ1v) is 4.92. The zero-order chi connectivity index (χ0) is 12.8. The molecule has 5 heteroatoms. The molecule has 5 nitrogen and oxygen atoms in total. The van der Waals surface area contributed by atoms with E-state index in [0.29, 0.717) is 11.3 Å². The summed E-state index contributed by atoms with van der Waals surface area (Å²) in [6, 6.07) is 5.27. The molecule has 17 heavy (non-hydrogen) atoms. The predicted octanol–water partition coefficient (Wildman–Crippen LogP) is 0.957. The number of nitrogens with two attached hydrogens (primary N) is 1. The molecular formula is C12H13NO4. The summed E-state index contributed by atoms with van der Waals surface area (Å²) >= 11 is 0. The third-order valence-electron chi connectivity index (χ3n) is 2.01. The van der Waals surface area contributed by atoms with Crippen molar-refractivity contribution in [3.05, 3.63) is 35.4 Å². The van der Waals surface area contributed by atoms with E-state index in [9.17, 15) is 9.59 Å². The van der Waals surface area contributed by atoms with E-state index in [4.69, 9.17) is 15.6 Å².